The highest BCUT2D eigenvalue weighted by molar-refractivity contribution is 5.28. The van der Waals surface area contributed by atoms with Crippen molar-refractivity contribution in [3.05, 3.63) is 52.1 Å². The van der Waals surface area contributed by atoms with E-state index in [1.807, 2.05) is 0 Å². The van der Waals surface area contributed by atoms with Crippen molar-refractivity contribution in [2.75, 3.05) is 0 Å². The van der Waals surface area contributed by atoms with Crippen LogP contribution in [0.25, 0.3) is 0 Å². The molecule has 88 valence electrons. The van der Waals surface area contributed by atoms with E-state index >= 15 is 0 Å². The second-order valence-corrected chi connectivity index (χ2v) is 3.35. The van der Waals surface area contributed by atoms with Crippen LogP contribution in [0.3, 0.4) is 0 Å². The first-order valence-electron chi connectivity index (χ1n) is 4.75. The third-order valence-electron chi connectivity index (χ3n) is 1.94. The first-order chi connectivity index (χ1) is 8.04. The Morgan fingerprint density at radius 1 is 1.29 bits per heavy atom. The summed E-state index contributed by atoms with van der Waals surface area (Å²) >= 11 is 0. The minimum atomic E-state index is -0.730. The van der Waals surface area contributed by atoms with Gasteiger partial charge in [0.1, 0.15) is 11.6 Å². The summed E-state index contributed by atoms with van der Waals surface area (Å²) in [7, 11) is 0. The van der Waals surface area contributed by atoms with Crippen LogP contribution < -0.4 is 10.3 Å². The lowest BCUT2D eigenvalue weighted by molar-refractivity contribution is 0.419. The predicted octanol–water partition coefficient (Wildman–Crippen LogP) is 2.15. The first-order valence-corrected chi connectivity index (χ1v) is 4.75. The first kappa shape index (κ1) is 11.3. The number of H-pyrrole nitrogens is 1. The zero-order chi connectivity index (χ0) is 12.4. The normalized spacial score (nSPS) is 10.3. The van der Waals surface area contributed by atoms with E-state index < -0.39 is 17.2 Å². The number of halogens is 2. The summed E-state index contributed by atoms with van der Waals surface area (Å²) in [6.07, 6.45) is 0. The lowest BCUT2D eigenvalue weighted by Crippen LogP contribution is -2.08. The second-order valence-electron chi connectivity index (χ2n) is 3.35. The molecule has 6 heteroatoms. The average molecular weight is 238 g/mol. The number of hydrogen-bond donors (Lipinski definition) is 1. The fourth-order valence-corrected chi connectivity index (χ4v) is 1.27. The molecule has 0 unspecified atom stereocenters. The molecule has 1 aromatic carbocycles. The van der Waals surface area contributed by atoms with Crippen LogP contribution in [-0.2, 0) is 0 Å². The van der Waals surface area contributed by atoms with E-state index in [1.54, 1.807) is 6.92 Å². The van der Waals surface area contributed by atoms with Crippen molar-refractivity contribution < 1.29 is 13.5 Å². The molecule has 0 saturated heterocycles. The van der Waals surface area contributed by atoms with Gasteiger partial charge >= 0.3 is 0 Å². The van der Waals surface area contributed by atoms with Crippen molar-refractivity contribution in [3.63, 3.8) is 0 Å². The molecule has 0 fully saturated rings. The highest BCUT2D eigenvalue weighted by Gasteiger charge is 2.08. The van der Waals surface area contributed by atoms with E-state index in [9.17, 15) is 13.6 Å². The van der Waals surface area contributed by atoms with E-state index in [-0.39, 0.29) is 11.6 Å². The molecule has 0 bridgehead atoms. The van der Waals surface area contributed by atoms with Gasteiger partial charge in [0.25, 0.3) is 5.56 Å². The molecule has 17 heavy (non-hydrogen) atoms. The lowest BCUT2D eigenvalue weighted by Gasteiger charge is -2.05. The Bertz CT molecular complexity index is 611. The molecule has 2 aromatic rings. The zero-order valence-electron chi connectivity index (χ0n) is 8.83. The van der Waals surface area contributed by atoms with Gasteiger partial charge in [0.15, 0.2) is 11.6 Å². The van der Waals surface area contributed by atoms with Crippen LogP contribution in [0.15, 0.2) is 29.1 Å². The van der Waals surface area contributed by atoms with E-state index in [1.165, 1.54) is 0 Å². The van der Waals surface area contributed by atoms with Crippen molar-refractivity contribution in [2.24, 2.45) is 0 Å². The van der Waals surface area contributed by atoms with Crippen LogP contribution in [-0.4, -0.2) is 9.97 Å². The lowest BCUT2D eigenvalue weighted by atomic mass is 10.3. The van der Waals surface area contributed by atoms with Gasteiger partial charge in [-0.3, -0.25) is 4.79 Å². The summed E-state index contributed by atoms with van der Waals surface area (Å²) in [4.78, 5) is 17.4. The van der Waals surface area contributed by atoms with Crippen molar-refractivity contribution in [2.45, 2.75) is 6.92 Å². The minimum Gasteiger partial charge on any atom is -0.436 e. The summed E-state index contributed by atoms with van der Waals surface area (Å²) in [5.41, 5.74) is -0.427. The van der Waals surface area contributed by atoms with Gasteiger partial charge in [-0.15, -0.1) is 0 Å². The smallest absolute Gasteiger partial charge is 0.254 e. The number of hydrogen-bond acceptors (Lipinski definition) is 3. The SMILES string of the molecule is Cc1nc(Oc2cc(F)ccc2F)cc(=O)[nH]1. The molecular formula is C11H8F2N2O2. The van der Waals surface area contributed by atoms with E-state index in [4.69, 9.17) is 4.74 Å². The number of nitrogens with one attached hydrogen (secondary N) is 1. The summed E-state index contributed by atoms with van der Waals surface area (Å²) in [6.45, 7) is 1.55. The predicted molar refractivity (Wildman–Crippen MR) is 56.0 cm³/mol. The van der Waals surface area contributed by atoms with Crippen LogP contribution in [0.1, 0.15) is 5.82 Å². The Hall–Kier alpha value is -2.24. The quantitative estimate of drug-likeness (QED) is 0.872. The maximum absolute atomic E-state index is 13.3. The molecule has 0 aliphatic rings. The highest BCUT2D eigenvalue weighted by Crippen LogP contribution is 2.22. The maximum atomic E-state index is 13.3. The van der Waals surface area contributed by atoms with Crippen LogP contribution >= 0.6 is 0 Å². The summed E-state index contributed by atoms with van der Waals surface area (Å²) in [6, 6.07) is 3.84. The Labute approximate surface area is 94.9 Å². The fourth-order valence-electron chi connectivity index (χ4n) is 1.27. The van der Waals surface area contributed by atoms with Gasteiger partial charge in [-0.2, -0.15) is 0 Å². The van der Waals surface area contributed by atoms with Crippen LogP contribution in [0.5, 0.6) is 11.6 Å². The average Bonchev–Trinajstić information content (AvgIpc) is 2.22. The molecule has 0 radical (unpaired) electrons. The molecule has 1 N–H and O–H groups in total. The number of ether oxygens (including phenoxy) is 1. The number of nitrogens with zero attached hydrogens (tertiary/aromatic N) is 1. The van der Waals surface area contributed by atoms with Crippen molar-refractivity contribution >= 4 is 0 Å². The molecule has 1 heterocycles. The molecule has 0 aliphatic carbocycles. The standard InChI is InChI=1S/C11H8F2N2O2/c1-6-14-10(16)5-11(15-6)17-9-4-7(12)2-3-8(9)13/h2-5H,1H3,(H,14,15,16). The Morgan fingerprint density at radius 2 is 2.06 bits per heavy atom. The monoisotopic (exact) mass is 238 g/mol. The third-order valence-corrected chi connectivity index (χ3v) is 1.94. The van der Waals surface area contributed by atoms with Crippen molar-refractivity contribution in [1.29, 1.82) is 0 Å². The number of aromatic amines is 1. The Morgan fingerprint density at radius 3 is 2.76 bits per heavy atom. The largest absolute Gasteiger partial charge is 0.436 e. The third kappa shape index (κ3) is 2.66. The van der Waals surface area contributed by atoms with Crippen LogP contribution in [0.2, 0.25) is 0 Å². The van der Waals surface area contributed by atoms with E-state index in [0.717, 1.165) is 24.3 Å². The maximum Gasteiger partial charge on any atom is 0.254 e. The molecule has 0 aliphatic heterocycles. The number of rotatable bonds is 2. The topological polar surface area (TPSA) is 55.0 Å². The second kappa shape index (κ2) is 4.32. The molecule has 0 spiro atoms. The van der Waals surface area contributed by atoms with Gasteiger partial charge in [0.2, 0.25) is 5.88 Å². The van der Waals surface area contributed by atoms with Gasteiger partial charge in [-0.25, -0.2) is 13.8 Å². The molecule has 1 aromatic heterocycles. The van der Waals surface area contributed by atoms with Gasteiger partial charge in [-0.05, 0) is 19.1 Å². The summed E-state index contributed by atoms with van der Waals surface area (Å²) in [5.74, 6) is -1.45. The number of aryl methyl sites for hydroxylation is 1. The fraction of sp³-hybridized carbons (Fsp3) is 0.0909. The minimum absolute atomic E-state index is 0.0873. The van der Waals surface area contributed by atoms with E-state index in [2.05, 4.69) is 9.97 Å². The zero-order valence-corrected chi connectivity index (χ0v) is 8.83. The van der Waals surface area contributed by atoms with Crippen molar-refractivity contribution in [1.82, 2.24) is 9.97 Å². The van der Waals surface area contributed by atoms with Gasteiger partial charge in [-0.1, -0.05) is 0 Å². The number of benzene rings is 1. The summed E-state index contributed by atoms with van der Waals surface area (Å²) < 4.78 is 31.1. The Balaban J connectivity index is 2.37. The number of aromatic nitrogens is 2. The highest BCUT2D eigenvalue weighted by atomic mass is 19.1. The van der Waals surface area contributed by atoms with Gasteiger partial charge in [0, 0.05) is 6.07 Å². The van der Waals surface area contributed by atoms with Crippen LogP contribution in [0.4, 0.5) is 8.78 Å². The van der Waals surface area contributed by atoms with Crippen LogP contribution in [0, 0.1) is 18.6 Å². The van der Waals surface area contributed by atoms with Gasteiger partial charge in [0.05, 0.1) is 6.07 Å². The molecule has 2 rings (SSSR count). The molecule has 0 amide bonds. The van der Waals surface area contributed by atoms with E-state index in [0.29, 0.717) is 5.82 Å². The Kier molecular flexibility index (Phi) is 2.86. The molecule has 4 nitrogen and oxygen atoms in total. The molecular weight excluding hydrogens is 230 g/mol. The molecule has 0 atom stereocenters. The summed E-state index contributed by atoms with van der Waals surface area (Å²) in [5, 5.41) is 0. The van der Waals surface area contributed by atoms with Gasteiger partial charge < -0.3 is 9.72 Å². The molecule has 0 saturated carbocycles. The van der Waals surface area contributed by atoms with Crippen molar-refractivity contribution in [3.8, 4) is 11.6 Å².